The molecular formula is C27H33FN2O2. The van der Waals surface area contributed by atoms with Crippen molar-refractivity contribution in [3.8, 4) is 11.5 Å². The van der Waals surface area contributed by atoms with Crippen molar-refractivity contribution in [3.05, 3.63) is 83.3 Å². The number of benzene rings is 2. The van der Waals surface area contributed by atoms with E-state index in [0.717, 1.165) is 24.6 Å². The highest BCUT2D eigenvalue weighted by Crippen LogP contribution is 2.23. The van der Waals surface area contributed by atoms with E-state index in [9.17, 15) is 9.18 Å². The van der Waals surface area contributed by atoms with Gasteiger partial charge in [0.15, 0.2) is 0 Å². The second kappa shape index (κ2) is 11.5. The van der Waals surface area contributed by atoms with E-state index < -0.39 is 0 Å². The lowest BCUT2D eigenvalue weighted by Gasteiger charge is -2.33. The van der Waals surface area contributed by atoms with Gasteiger partial charge < -0.3 is 15.0 Å². The molecule has 1 saturated heterocycles. The van der Waals surface area contributed by atoms with Crippen LogP contribution in [0.2, 0.25) is 0 Å². The van der Waals surface area contributed by atoms with Gasteiger partial charge in [0.1, 0.15) is 17.3 Å². The Hall–Kier alpha value is -3.08. The number of carbonyl (C=O) groups excluding carboxylic acids is 1. The van der Waals surface area contributed by atoms with Gasteiger partial charge in [0.25, 0.3) is 5.91 Å². The fourth-order valence-corrected chi connectivity index (χ4v) is 3.76. The van der Waals surface area contributed by atoms with E-state index >= 15 is 0 Å². The third-order valence-electron chi connectivity index (χ3n) is 5.99. The summed E-state index contributed by atoms with van der Waals surface area (Å²) in [6.07, 6.45) is 8.05. The molecule has 3 rings (SSSR count). The summed E-state index contributed by atoms with van der Waals surface area (Å²) in [5, 5.41) is 2.96. The molecule has 0 unspecified atom stereocenters. The first kappa shape index (κ1) is 23.6. The van der Waals surface area contributed by atoms with Gasteiger partial charge in [-0.2, -0.15) is 0 Å². The van der Waals surface area contributed by atoms with Crippen LogP contribution in [0.5, 0.6) is 11.5 Å². The lowest BCUT2D eigenvalue weighted by molar-refractivity contribution is 0.0957. The van der Waals surface area contributed by atoms with Crippen LogP contribution in [0.25, 0.3) is 0 Å². The van der Waals surface area contributed by atoms with Crippen molar-refractivity contribution in [2.75, 3.05) is 19.6 Å². The molecule has 0 aliphatic carbocycles. The van der Waals surface area contributed by atoms with Crippen LogP contribution >= 0.6 is 0 Å². The summed E-state index contributed by atoms with van der Waals surface area (Å²) in [5.41, 5.74) is 2.94. The molecule has 0 radical (unpaired) electrons. The van der Waals surface area contributed by atoms with E-state index in [-0.39, 0.29) is 11.7 Å². The zero-order valence-electron chi connectivity index (χ0n) is 19.2. The normalized spacial score (nSPS) is 15.6. The van der Waals surface area contributed by atoms with Gasteiger partial charge in [0.2, 0.25) is 0 Å². The Balaban J connectivity index is 1.47. The Bertz CT molecular complexity index is 941. The smallest absolute Gasteiger partial charge is 0.251 e. The summed E-state index contributed by atoms with van der Waals surface area (Å²) in [6, 6.07) is 12.7. The van der Waals surface area contributed by atoms with Gasteiger partial charge in [-0.3, -0.25) is 4.79 Å². The van der Waals surface area contributed by atoms with E-state index in [1.54, 1.807) is 36.4 Å². The van der Waals surface area contributed by atoms with Crippen LogP contribution in [0.1, 0.15) is 50.4 Å². The molecule has 0 atom stereocenters. The molecular weight excluding hydrogens is 403 g/mol. The van der Waals surface area contributed by atoms with Crippen molar-refractivity contribution in [2.24, 2.45) is 5.92 Å². The number of likely N-dealkylation sites (tertiary alicyclic amines) is 1. The molecule has 32 heavy (non-hydrogen) atoms. The highest BCUT2D eigenvalue weighted by molar-refractivity contribution is 5.94. The number of allylic oxidation sites excluding steroid dienone is 3. The molecule has 1 aliphatic rings. The number of amides is 1. The number of carbonyl (C=O) groups is 1. The van der Waals surface area contributed by atoms with Gasteiger partial charge in [-0.25, -0.2) is 4.39 Å². The van der Waals surface area contributed by atoms with E-state index in [1.807, 2.05) is 6.92 Å². The lowest BCUT2D eigenvalue weighted by atomic mass is 9.94. The Labute approximate surface area is 190 Å². The predicted octanol–water partition coefficient (Wildman–Crippen LogP) is 6.32. The van der Waals surface area contributed by atoms with Gasteiger partial charge in [0.05, 0.1) is 0 Å². The van der Waals surface area contributed by atoms with Crippen LogP contribution < -0.4 is 10.1 Å². The number of piperidine rings is 1. The molecule has 1 fully saturated rings. The third-order valence-corrected chi connectivity index (χ3v) is 5.99. The summed E-state index contributed by atoms with van der Waals surface area (Å²) in [6.45, 7) is 9.21. The number of rotatable bonds is 8. The van der Waals surface area contributed by atoms with Crippen LogP contribution in [-0.4, -0.2) is 30.4 Å². The monoisotopic (exact) mass is 436 g/mol. The van der Waals surface area contributed by atoms with Crippen LogP contribution in [0, 0.1) is 11.7 Å². The molecule has 1 amide bonds. The number of hydrogen-bond donors (Lipinski definition) is 1. The fourth-order valence-electron chi connectivity index (χ4n) is 3.76. The summed E-state index contributed by atoms with van der Waals surface area (Å²) in [4.78, 5) is 14.9. The minimum atomic E-state index is -0.309. The molecule has 1 aliphatic heterocycles. The first-order chi connectivity index (χ1) is 15.4. The Morgan fingerprint density at radius 2 is 1.62 bits per heavy atom. The second-order valence-electron chi connectivity index (χ2n) is 8.42. The predicted molar refractivity (Wildman–Crippen MR) is 127 cm³/mol. The van der Waals surface area contributed by atoms with Crippen molar-refractivity contribution in [1.82, 2.24) is 10.2 Å². The second-order valence-corrected chi connectivity index (χ2v) is 8.42. The van der Waals surface area contributed by atoms with Gasteiger partial charge in [-0.05, 0) is 87.2 Å². The molecule has 2 aromatic rings. The first-order valence-corrected chi connectivity index (χ1v) is 11.3. The minimum Gasteiger partial charge on any atom is -0.457 e. The molecule has 4 nitrogen and oxygen atoms in total. The molecule has 170 valence electrons. The van der Waals surface area contributed by atoms with E-state index in [4.69, 9.17) is 4.74 Å². The number of nitrogens with zero attached hydrogens (tertiary/aromatic N) is 1. The van der Waals surface area contributed by atoms with Crippen molar-refractivity contribution < 1.29 is 13.9 Å². The topological polar surface area (TPSA) is 41.6 Å². The van der Waals surface area contributed by atoms with Crippen molar-refractivity contribution in [1.29, 1.82) is 0 Å². The largest absolute Gasteiger partial charge is 0.457 e. The third kappa shape index (κ3) is 6.98. The van der Waals surface area contributed by atoms with Gasteiger partial charge >= 0.3 is 0 Å². The maximum atomic E-state index is 13.0. The zero-order chi connectivity index (χ0) is 22.9. The highest BCUT2D eigenvalue weighted by atomic mass is 19.1. The van der Waals surface area contributed by atoms with Crippen molar-refractivity contribution in [2.45, 2.75) is 40.0 Å². The molecule has 2 aromatic carbocycles. The molecule has 1 N–H and O–H groups in total. The average molecular weight is 437 g/mol. The average Bonchev–Trinajstić information content (AvgIpc) is 2.83. The van der Waals surface area contributed by atoms with Gasteiger partial charge in [0, 0.05) is 30.9 Å². The number of ether oxygens (including phenoxy) is 1. The Morgan fingerprint density at radius 1 is 1.03 bits per heavy atom. The number of hydrogen-bond acceptors (Lipinski definition) is 3. The zero-order valence-corrected chi connectivity index (χ0v) is 19.2. The molecule has 1 heterocycles. The molecule has 5 heteroatoms. The van der Waals surface area contributed by atoms with E-state index in [2.05, 4.69) is 36.2 Å². The van der Waals surface area contributed by atoms with E-state index in [0.29, 0.717) is 23.6 Å². The Kier molecular flexibility index (Phi) is 8.48. The standard InChI is InChI=1S/C27H33FN2O2/c1-4-22-15-17-30(18-16-22)21(3)6-5-20(2)19-29-27(31)23-7-11-25(12-8-23)32-26-13-9-24(28)10-14-26/h5-14,22H,4,15-19H2,1-3H3,(H,29,31)/b20-5+,21-6+. The molecule has 0 aromatic heterocycles. The van der Waals surface area contributed by atoms with Crippen molar-refractivity contribution in [3.63, 3.8) is 0 Å². The van der Waals surface area contributed by atoms with Crippen molar-refractivity contribution >= 4 is 5.91 Å². The van der Waals surface area contributed by atoms with Crippen LogP contribution in [0.4, 0.5) is 4.39 Å². The van der Waals surface area contributed by atoms with Crippen LogP contribution in [0.15, 0.2) is 72.0 Å². The lowest BCUT2D eigenvalue weighted by Crippen LogP contribution is -2.32. The Morgan fingerprint density at radius 3 is 2.22 bits per heavy atom. The summed E-state index contributed by atoms with van der Waals surface area (Å²) >= 11 is 0. The van der Waals surface area contributed by atoms with Crippen LogP contribution in [0.3, 0.4) is 0 Å². The van der Waals surface area contributed by atoms with E-state index in [1.165, 1.54) is 37.1 Å². The SMILES string of the molecule is CCC1CCN(/C(C)=C/C=C(\C)CNC(=O)c2ccc(Oc3ccc(F)cc3)cc2)CC1. The quantitative estimate of drug-likeness (QED) is 0.492. The molecule has 0 bridgehead atoms. The van der Waals surface area contributed by atoms with Gasteiger partial charge in [-0.1, -0.05) is 25.0 Å². The summed E-state index contributed by atoms with van der Waals surface area (Å²) in [7, 11) is 0. The maximum Gasteiger partial charge on any atom is 0.251 e. The van der Waals surface area contributed by atoms with Crippen LogP contribution in [-0.2, 0) is 0 Å². The molecule has 0 spiro atoms. The number of halogens is 1. The highest BCUT2D eigenvalue weighted by Gasteiger charge is 2.17. The summed E-state index contributed by atoms with van der Waals surface area (Å²) in [5.74, 6) is 1.56. The minimum absolute atomic E-state index is 0.131. The number of nitrogens with one attached hydrogen (secondary N) is 1. The fraction of sp³-hybridized carbons (Fsp3) is 0.370. The first-order valence-electron chi connectivity index (χ1n) is 11.3. The van der Waals surface area contributed by atoms with Gasteiger partial charge in [-0.15, -0.1) is 0 Å². The summed E-state index contributed by atoms with van der Waals surface area (Å²) < 4.78 is 18.7. The maximum absolute atomic E-state index is 13.0. The molecule has 0 saturated carbocycles.